The molecule has 0 unspecified atom stereocenters. The zero-order valence-corrected chi connectivity index (χ0v) is 21.9. The fraction of sp³-hybridized carbons (Fsp3) is 0.125. The van der Waals surface area contributed by atoms with Crippen molar-refractivity contribution in [3.63, 3.8) is 0 Å². The number of amides is 2. The van der Waals surface area contributed by atoms with Crippen LogP contribution in [0.2, 0.25) is 0 Å². The maximum atomic E-state index is 13.3. The average molecular weight is 522 g/mol. The Hall–Kier alpha value is -4.29. The van der Waals surface area contributed by atoms with Crippen molar-refractivity contribution in [2.75, 3.05) is 7.11 Å². The third kappa shape index (κ3) is 5.36. The number of hydrogen-bond acceptors (Lipinski definition) is 5. The number of benzene rings is 4. The number of methoxy groups -OCH3 is 1. The normalized spacial score (nSPS) is 14.3. The summed E-state index contributed by atoms with van der Waals surface area (Å²) in [5.41, 5.74) is 3.61. The highest BCUT2D eigenvalue weighted by Crippen LogP contribution is 2.38. The van der Waals surface area contributed by atoms with Crippen LogP contribution in [0.5, 0.6) is 11.5 Å². The summed E-state index contributed by atoms with van der Waals surface area (Å²) in [5, 5.41) is 1.82. The Morgan fingerprint density at radius 2 is 1.68 bits per heavy atom. The summed E-state index contributed by atoms with van der Waals surface area (Å²) in [6.07, 6.45) is 4.10. The van der Waals surface area contributed by atoms with E-state index >= 15 is 0 Å². The second kappa shape index (κ2) is 11.4. The highest BCUT2D eigenvalue weighted by atomic mass is 32.2. The van der Waals surface area contributed by atoms with Crippen LogP contribution in [0.4, 0.5) is 4.79 Å². The van der Waals surface area contributed by atoms with E-state index in [1.807, 2.05) is 84.9 Å². The van der Waals surface area contributed by atoms with Crippen LogP contribution in [0.3, 0.4) is 0 Å². The summed E-state index contributed by atoms with van der Waals surface area (Å²) in [6.45, 7) is 4.50. The number of nitrogens with zero attached hydrogens (tertiary/aromatic N) is 1. The Morgan fingerprint density at radius 1 is 0.921 bits per heavy atom. The molecule has 1 aliphatic rings. The highest BCUT2D eigenvalue weighted by molar-refractivity contribution is 8.18. The minimum absolute atomic E-state index is 0.223. The van der Waals surface area contributed by atoms with Crippen molar-refractivity contribution in [1.29, 1.82) is 0 Å². The number of imide groups is 1. The third-order valence-electron chi connectivity index (χ3n) is 6.34. The van der Waals surface area contributed by atoms with Crippen LogP contribution in [-0.2, 0) is 24.4 Å². The zero-order chi connectivity index (χ0) is 26.5. The molecule has 1 heterocycles. The van der Waals surface area contributed by atoms with Crippen molar-refractivity contribution in [2.45, 2.75) is 19.6 Å². The van der Waals surface area contributed by atoms with Gasteiger partial charge in [0.1, 0.15) is 6.61 Å². The molecule has 0 N–H and O–H groups in total. The van der Waals surface area contributed by atoms with Gasteiger partial charge < -0.3 is 9.47 Å². The van der Waals surface area contributed by atoms with E-state index < -0.39 is 0 Å². The van der Waals surface area contributed by atoms with E-state index in [0.29, 0.717) is 29.4 Å². The van der Waals surface area contributed by atoms with Gasteiger partial charge in [-0.25, -0.2) is 0 Å². The first-order valence-electron chi connectivity index (χ1n) is 12.3. The molecule has 2 amide bonds. The van der Waals surface area contributed by atoms with Gasteiger partial charge in [0.25, 0.3) is 11.1 Å². The molecule has 0 atom stereocenters. The fourth-order valence-electron chi connectivity index (χ4n) is 4.51. The number of thioether (sulfide) groups is 1. The summed E-state index contributed by atoms with van der Waals surface area (Å²) >= 11 is 0.952. The second-order valence-electron chi connectivity index (χ2n) is 8.88. The Kier molecular flexibility index (Phi) is 7.61. The van der Waals surface area contributed by atoms with E-state index in [1.165, 1.54) is 4.90 Å². The first-order valence-corrected chi connectivity index (χ1v) is 13.1. The van der Waals surface area contributed by atoms with Crippen LogP contribution >= 0.6 is 11.8 Å². The zero-order valence-electron chi connectivity index (χ0n) is 21.1. The van der Waals surface area contributed by atoms with Crippen LogP contribution in [0.15, 0.2) is 102 Å². The van der Waals surface area contributed by atoms with Crippen molar-refractivity contribution in [1.82, 2.24) is 4.90 Å². The van der Waals surface area contributed by atoms with Gasteiger partial charge in [-0.3, -0.25) is 14.5 Å². The predicted octanol–water partition coefficient (Wildman–Crippen LogP) is 7.39. The standard InChI is InChI=1S/C32H27NO4S/c1-3-10-25-17-23(18-28(36-2)30(25)37-21-22-11-5-4-6-12-22)19-29-31(34)33(32(35)38-29)20-26-15-9-14-24-13-7-8-16-27(24)26/h3-9,11-19H,1,10,20-21H2,2H3/b29-19+. The molecule has 5 rings (SSSR count). The van der Waals surface area contributed by atoms with Crippen molar-refractivity contribution in [2.24, 2.45) is 0 Å². The van der Waals surface area contributed by atoms with Crippen LogP contribution in [0.25, 0.3) is 16.8 Å². The number of rotatable bonds is 9. The lowest BCUT2D eigenvalue weighted by Crippen LogP contribution is -2.27. The molecule has 0 saturated carbocycles. The van der Waals surface area contributed by atoms with Gasteiger partial charge >= 0.3 is 0 Å². The summed E-state index contributed by atoms with van der Waals surface area (Å²) in [6, 6.07) is 27.6. The van der Waals surface area contributed by atoms with Crippen LogP contribution in [-0.4, -0.2) is 23.2 Å². The van der Waals surface area contributed by atoms with Gasteiger partial charge in [-0.1, -0.05) is 78.9 Å². The number of fused-ring (bicyclic) bond motifs is 1. The topological polar surface area (TPSA) is 55.8 Å². The van der Waals surface area contributed by atoms with E-state index in [4.69, 9.17) is 9.47 Å². The third-order valence-corrected chi connectivity index (χ3v) is 7.25. The molecule has 4 aromatic carbocycles. The SMILES string of the molecule is C=CCc1cc(/C=C2/SC(=O)N(Cc3cccc4ccccc34)C2=O)cc(OC)c1OCc1ccccc1. The Bertz CT molecular complexity index is 1540. The molecule has 1 fully saturated rings. The second-order valence-corrected chi connectivity index (χ2v) is 9.88. The van der Waals surface area contributed by atoms with Crippen LogP contribution in [0, 0.1) is 0 Å². The highest BCUT2D eigenvalue weighted by Gasteiger charge is 2.35. The lowest BCUT2D eigenvalue weighted by Gasteiger charge is -2.16. The number of hydrogen-bond donors (Lipinski definition) is 0. The monoisotopic (exact) mass is 521 g/mol. The lowest BCUT2D eigenvalue weighted by atomic mass is 10.0. The minimum Gasteiger partial charge on any atom is -0.493 e. The van der Waals surface area contributed by atoms with Crippen molar-refractivity contribution >= 4 is 39.8 Å². The summed E-state index contributed by atoms with van der Waals surface area (Å²) in [7, 11) is 1.59. The smallest absolute Gasteiger partial charge is 0.293 e. The largest absolute Gasteiger partial charge is 0.493 e. The number of allylic oxidation sites excluding steroid dienone is 1. The molecule has 5 nitrogen and oxygen atoms in total. The van der Waals surface area contributed by atoms with E-state index in [0.717, 1.165) is 44.8 Å². The molecule has 0 bridgehead atoms. The van der Waals surface area contributed by atoms with E-state index in [1.54, 1.807) is 19.3 Å². The van der Waals surface area contributed by atoms with Crippen LogP contribution in [0.1, 0.15) is 22.3 Å². The lowest BCUT2D eigenvalue weighted by molar-refractivity contribution is -0.123. The van der Waals surface area contributed by atoms with E-state index in [-0.39, 0.29) is 17.7 Å². The molecule has 38 heavy (non-hydrogen) atoms. The number of carbonyl (C=O) groups is 2. The quantitative estimate of drug-likeness (QED) is 0.170. The summed E-state index contributed by atoms with van der Waals surface area (Å²) in [5.74, 6) is 0.889. The minimum atomic E-state index is -0.304. The molecule has 1 aliphatic heterocycles. The molecule has 1 saturated heterocycles. The van der Waals surface area contributed by atoms with Crippen molar-refractivity contribution in [3.05, 3.63) is 125 Å². The molecule has 4 aromatic rings. The molecule has 0 spiro atoms. The first kappa shape index (κ1) is 25.4. The molecule has 0 aromatic heterocycles. The number of carbonyl (C=O) groups excluding carboxylic acids is 2. The van der Waals surface area contributed by atoms with Gasteiger partial charge in [-0.05, 0) is 63.9 Å². The average Bonchev–Trinajstić information content (AvgIpc) is 3.20. The molecule has 6 heteroatoms. The van der Waals surface area contributed by atoms with Gasteiger partial charge in [0.05, 0.1) is 18.6 Å². The fourth-order valence-corrected chi connectivity index (χ4v) is 5.35. The molecular formula is C32H27NO4S. The Labute approximate surface area is 226 Å². The maximum absolute atomic E-state index is 13.3. The van der Waals surface area contributed by atoms with Crippen LogP contribution < -0.4 is 9.47 Å². The molecule has 190 valence electrons. The van der Waals surface area contributed by atoms with Gasteiger partial charge in [0.2, 0.25) is 0 Å². The van der Waals surface area contributed by atoms with E-state index in [9.17, 15) is 9.59 Å². The molecule has 0 aliphatic carbocycles. The van der Waals surface area contributed by atoms with Gasteiger partial charge in [0, 0.05) is 5.56 Å². The summed E-state index contributed by atoms with van der Waals surface area (Å²) in [4.78, 5) is 27.8. The van der Waals surface area contributed by atoms with Crippen molar-refractivity contribution in [3.8, 4) is 11.5 Å². The summed E-state index contributed by atoms with van der Waals surface area (Å²) < 4.78 is 11.8. The number of ether oxygens (including phenoxy) is 2. The van der Waals surface area contributed by atoms with E-state index in [2.05, 4.69) is 6.58 Å². The Morgan fingerprint density at radius 3 is 2.47 bits per heavy atom. The molecule has 0 radical (unpaired) electrons. The first-order chi connectivity index (χ1) is 18.6. The predicted molar refractivity (Wildman–Crippen MR) is 153 cm³/mol. The van der Waals surface area contributed by atoms with Gasteiger partial charge in [-0.2, -0.15) is 0 Å². The van der Waals surface area contributed by atoms with Crippen molar-refractivity contribution < 1.29 is 19.1 Å². The maximum Gasteiger partial charge on any atom is 0.293 e. The molecular weight excluding hydrogens is 494 g/mol. The van der Waals surface area contributed by atoms with Gasteiger partial charge in [-0.15, -0.1) is 6.58 Å². The Balaban J connectivity index is 1.41. The van der Waals surface area contributed by atoms with Gasteiger partial charge in [0.15, 0.2) is 11.5 Å².